The number of hydrogen-bond acceptors (Lipinski definition) is 4. The molecule has 0 radical (unpaired) electrons. The summed E-state index contributed by atoms with van der Waals surface area (Å²) >= 11 is 0. The SMILES string of the molecule is Cc1ccc([N+](=O)[O-])cc1NC(C)c1ccoc1. The fourth-order valence-electron chi connectivity index (χ4n) is 1.72. The molecule has 0 fully saturated rings. The maximum Gasteiger partial charge on any atom is 0.271 e. The van der Waals surface area contributed by atoms with Crippen LogP contribution < -0.4 is 5.32 Å². The van der Waals surface area contributed by atoms with Crippen LogP contribution in [-0.4, -0.2) is 4.92 Å². The molecule has 1 aromatic carbocycles. The molecule has 1 unspecified atom stereocenters. The van der Waals surface area contributed by atoms with Gasteiger partial charge in [0.15, 0.2) is 0 Å². The van der Waals surface area contributed by atoms with Gasteiger partial charge in [0.05, 0.1) is 23.5 Å². The highest BCUT2D eigenvalue weighted by molar-refractivity contribution is 5.57. The van der Waals surface area contributed by atoms with E-state index < -0.39 is 4.92 Å². The zero-order valence-electron chi connectivity index (χ0n) is 10.2. The molecular weight excluding hydrogens is 232 g/mol. The number of nitrogens with one attached hydrogen (secondary N) is 1. The van der Waals surface area contributed by atoms with E-state index in [1.165, 1.54) is 6.07 Å². The molecule has 1 heterocycles. The molecule has 0 aliphatic carbocycles. The molecule has 0 saturated carbocycles. The Kier molecular flexibility index (Phi) is 3.32. The lowest BCUT2D eigenvalue weighted by Crippen LogP contribution is -2.07. The van der Waals surface area contributed by atoms with Gasteiger partial charge in [0, 0.05) is 23.4 Å². The third-order valence-corrected chi connectivity index (χ3v) is 2.85. The lowest BCUT2D eigenvalue weighted by Gasteiger charge is -2.15. The summed E-state index contributed by atoms with van der Waals surface area (Å²) in [6, 6.07) is 6.69. The van der Waals surface area contributed by atoms with E-state index in [4.69, 9.17) is 4.42 Å². The fourth-order valence-corrected chi connectivity index (χ4v) is 1.72. The Bertz CT molecular complexity index is 549. The van der Waals surface area contributed by atoms with Gasteiger partial charge in [-0.15, -0.1) is 0 Å². The molecule has 0 amide bonds. The first kappa shape index (κ1) is 12.2. The Hall–Kier alpha value is -2.30. The molecule has 0 bridgehead atoms. The molecule has 2 aromatic rings. The zero-order valence-corrected chi connectivity index (χ0v) is 10.2. The molecule has 0 aliphatic heterocycles. The summed E-state index contributed by atoms with van der Waals surface area (Å²) in [5, 5.41) is 14.0. The maximum atomic E-state index is 10.7. The summed E-state index contributed by atoms with van der Waals surface area (Å²) in [4.78, 5) is 10.3. The van der Waals surface area contributed by atoms with Crippen LogP contribution in [0.1, 0.15) is 24.1 Å². The van der Waals surface area contributed by atoms with Crippen LogP contribution in [0.25, 0.3) is 0 Å². The summed E-state index contributed by atoms with van der Waals surface area (Å²) in [5.74, 6) is 0. The second kappa shape index (κ2) is 4.91. The lowest BCUT2D eigenvalue weighted by atomic mass is 10.1. The molecule has 1 aromatic heterocycles. The van der Waals surface area contributed by atoms with Crippen LogP contribution in [-0.2, 0) is 0 Å². The molecule has 1 N–H and O–H groups in total. The number of non-ortho nitro benzene ring substituents is 1. The first-order valence-electron chi connectivity index (χ1n) is 5.61. The summed E-state index contributed by atoms with van der Waals surface area (Å²) < 4.78 is 5.02. The summed E-state index contributed by atoms with van der Waals surface area (Å²) in [5.41, 5.74) is 2.82. The Morgan fingerprint density at radius 2 is 2.17 bits per heavy atom. The van der Waals surface area contributed by atoms with Gasteiger partial charge in [0.1, 0.15) is 0 Å². The maximum absolute atomic E-state index is 10.7. The Labute approximate surface area is 105 Å². The monoisotopic (exact) mass is 246 g/mol. The highest BCUT2D eigenvalue weighted by atomic mass is 16.6. The fraction of sp³-hybridized carbons (Fsp3) is 0.231. The standard InChI is InChI=1S/C13H14N2O3/c1-9-3-4-12(15(16)17)7-13(9)14-10(2)11-5-6-18-8-11/h3-8,10,14H,1-2H3. The molecular formula is C13H14N2O3. The first-order valence-corrected chi connectivity index (χ1v) is 5.61. The van der Waals surface area contributed by atoms with Crippen molar-refractivity contribution in [2.24, 2.45) is 0 Å². The normalized spacial score (nSPS) is 12.1. The van der Waals surface area contributed by atoms with Crippen molar-refractivity contribution in [1.29, 1.82) is 0 Å². The van der Waals surface area contributed by atoms with E-state index in [9.17, 15) is 10.1 Å². The van der Waals surface area contributed by atoms with Gasteiger partial charge in [-0.2, -0.15) is 0 Å². The Balaban J connectivity index is 2.23. The molecule has 1 atom stereocenters. The van der Waals surface area contributed by atoms with E-state index in [1.807, 2.05) is 19.9 Å². The molecule has 5 heteroatoms. The number of nitrogens with zero attached hydrogens (tertiary/aromatic N) is 1. The van der Waals surface area contributed by atoms with Gasteiger partial charge < -0.3 is 9.73 Å². The Morgan fingerprint density at radius 1 is 1.39 bits per heavy atom. The summed E-state index contributed by atoms with van der Waals surface area (Å²) in [7, 11) is 0. The van der Waals surface area contributed by atoms with Crippen molar-refractivity contribution in [3.63, 3.8) is 0 Å². The number of hydrogen-bond donors (Lipinski definition) is 1. The highest BCUT2D eigenvalue weighted by Gasteiger charge is 2.12. The number of benzene rings is 1. The van der Waals surface area contributed by atoms with Gasteiger partial charge in [0.25, 0.3) is 5.69 Å². The third-order valence-electron chi connectivity index (χ3n) is 2.85. The van der Waals surface area contributed by atoms with E-state index in [0.717, 1.165) is 16.8 Å². The van der Waals surface area contributed by atoms with Crippen LogP contribution in [0.3, 0.4) is 0 Å². The predicted octanol–water partition coefficient (Wildman–Crippen LogP) is 3.67. The molecule has 0 aliphatic rings. The molecule has 18 heavy (non-hydrogen) atoms. The minimum absolute atomic E-state index is 0.0319. The number of nitro groups is 1. The number of aryl methyl sites for hydroxylation is 1. The van der Waals surface area contributed by atoms with Gasteiger partial charge >= 0.3 is 0 Å². The average molecular weight is 246 g/mol. The van der Waals surface area contributed by atoms with Gasteiger partial charge in [-0.25, -0.2) is 0 Å². The van der Waals surface area contributed by atoms with E-state index in [2.05, 4.69) is 5.32 Å². The van der Waals surface area contributed by atoms with Crippen molar-refractivity contribution in [3.8, 4) is 0 Å². The van der Waals surface area contributed by atoms with Gasteiger partial charge in [-0.3, -0.25) is 10.1 Å². The van der Waals surface area contributed by atoms with Crippen LogP contribution in [0.5, 0.6) is 0 Å². The summed E-state index contributed by atoms with van der Waals surface area (Å²) in [6.07, 6.45) is 3.26. The molecule has 0 saturated heterocycles. The molecule has 0 spiro atoms. The number of furan rings is 1. The molecule has 94 valence electrons. The van der Waals surface area contributed by atoms with Gasteiger partial charge in [0.2, 0.25) is 0 Å². The third kappa shape index (κ3) is 2.51. The van der Waals surface area contributed by atoms with Crippen LogP contribution in [0.2, 0.25) is 0 Å². The van der Waals surface area contributed by atoms with Crippen molar-refractivity contribution in [2.45, 2.75) is 19.9 Å². The van der Waals surface area contributed by atoms with Crippen LogP contribution in [0, 0.1) is 17.0 Å². The Morgan fingerprint density at radius 3 is 2.78 bits per heavy atom. The van der Waals surface area contributed by atoms with E-state index in [1.54, 1.807) is 24.7 Å². The van der Waals surface area contributed by atoms with Gasteiger partial charge in [-0.05, 0) is 25.5 Å². The highest BCUT2D eigenvalue weighted by Crippen LogP contribution is 2.26. The van der Waals surface area contributed by atoms with Crippen molar-refractivity contribution >= 4 is 11.4 Å². The van der Waals surface area contributed by atoms with Crippen LogP contribution in [0.4, 0.5) is 11.4 Å². The second-order valence-electron chi connectivity index (χ2n) is 4.18. The predicted molar refractivity (Wildman–Crippen MR) is 68.6 cm³/mol. The minimum atomic E-state index is -0.396. The van der Waals surface area contributed by atoms with Crippen LogP contribution in [0.15, 0.2) is 41.2 Å². The van der Waals surface area contributed by atoms with E-state index >= 15 is 0 Å². The average Bonchev–Trinajstić information content (AvgIpc) is 2.85. The van der Waals surface area contributed by atoms with Crippen molar-refractivity contribution in [1.82, 2.24) is 0 Å². The lowest BCUT2D eigenvalue weighted by molar-refractivity contribution is -0.384. The first-order chi connectivity index (χ1) is 8.58. The smallest absolute Gasteiger partial charge is 0.271 e. The summed E-state index contributed by atoms with van der Waals surface area (Å²) in [6.45, 7) is 3.89. The molecule has 2 rings (SSSR count). The second-order valence-corrected chi connectivity index (χ2v) is 4.18. The van der Waals surface area contributed by atoms with Gasteiger partial charge in [-0.1, -0.05) is 6.07 Å². The van der Waals surface area contributed by atoms with Crippen molar-refractivity contribution in [2.75, 3.05) is 5.32 Å². The quantitative estimate of drug-likeness (QED) is 0.660. The van der Waals surface area contributed by atoms with E-state index in [-0.39, 0.29) is 11.7 Å². The van der Waals surface area contributed by atoms with Crippen molar-refractivity contribution < 1.29 is 9.34 Å². The minimum Gasteiger partial charge on any atom is -0.472 e. The number of anilines is 1. The molecule has 5 nitrogen and oxygen atoms in total. The van der Waals surface area contributed by atoms with Crippen molar-refractivity contribution in [3.05, 3.63) is 58.0 Å². The number of rotatable bonds is 4. The number of nitro benzene ring substituents is 1. The topological polar surface area (TPSA) is 68.3 Å². The zero-order chi connectivity index (χ0) is 13.1. The largest absolute Gasteiger partial charge is 0.472 e. The van der Waals surface area contributed by atoms with Crippen LogP contribution >= 0.6 is 0 Å². The van der Waals surface area contributed by atoms with E-state index in [0.29, 0.717) is 0 Å².